The van der Waals surface area contributed by atoms with Crippen molar-refractivity contribution in [3.63, 3.8) is 0 Å². The molecule has 0 saturated carbocycles. The first kappa shape index (κ1) is 17.5. The Hall–Kier alpha value is -2.95. The van der Waals surface area contributed by atoms with Crippen LogP contribution in [0.2, 0.25) is 0 Å². The normalized spacial score (nSPS) is 15.1. The van der Waals surface area contributed by atoms with Gasteiger partial charge in [-0.25, -0.2) is 0 Å². The summed E-state index contributed by atoms with van der Waals surface area (Å²) >= 11 is 0. The molecule has 1 amide bonds. The molecule has 0 unspecified atom stereocenters. The lowest BCUT2D eigenvalue weighted by Crippen LogP contribution is -2.41. The average Bonchev–Trinajstić information content (AvgIpc) is 2.74. The van der Waals surface area contributed by atoms with Gasteiger partial charge in [0.15, 0.2) is 0 Å². The third-order valence-corrected chi connectivity index (χ3v) is 5.02. The number of pyridine rings is 2. The van der Waals surface area contributed by atoms with E-state index in [0.29, 0.717) is 6.42 Å². The molecule has 3 heterocycles. The molecule has 138 valence electrons. The van der Waals surface area contributed by atoms with Gasteiger partial charge < -0.3 is 9.64 Å². The van der Waals surface area contributed by atoms with Gasteiger partial charge in [-0.05, 0) is 24.3 Å². The van der Waals surface area contributed by atoms with E-state index in [2.05, 4.69) is 22.1 Å². The Morgan fingerprint density at radius 3 is 2.67 bits per heavy atom. The van der Waals surface area contributed by atoms with Crippen LogP contribution in [0.25, 0.3) is 22.2 Å². The quantitative estimate of drug-likeness (QED) is 0.703. The maximum absolute atomic E-state index is 11.8. The number of hydrogen-bond acceptors (Lipinski definition) is 4. The van der Waals surface area contributed by atoms with E-state index in [1.165, 1.54) is 0 Å². The molecule has 0 N–H and O–H groups in total. The molecule has 1 aromatic carbocycles. The van der Waals surface area contributed by atoms with Crippen LogP contribution < -0.4 is 4.74 Å². The Bertz CT molecular complexity index is 932. The molecule has 1 fully saturated rings. The Labute approximate surface area is 159 Å². The van der Waals surface area contributed by atoms with Gasteiger partial charge in [-0.3, -0.25) is 14.8 Å². The molecule has 5 nitrogen and oxygen atoms in total. The smallest absolute Gasteiger partial charge is 0.222 e. The maximum atomic E-state index is 11.8. The van der Waals surface area contributed by atoms with E-state index in [1.54, 1.807) is 6.20 Å². The minimum atomic E-state index is 0.140. The first-order valence-electron chi connectivity index (χ1n) is 9.48. The number of carbonyl (C=O) groups excluding carboxylic acids is 1. The number of nitrogens with zero attached hydrogens (tertiary/aromatic N) is 3. The molecule has 0 radical (unpaired) electrons. The molecule has 4 rings (SSSR count). The van der Waals surface area contributed by atoms with Crippen molar-refractivity contribution in [1.82, 2.24) is 14.9 Å². The van der Waals surface area contributed by atoms with Crippen LogP contribution in [-0.4, -0.2) is 40.0 Å². The van der Waals surface area contributed by atoms with Crippen LogP contribution in [0.15, 0.2) is 54.9 Å². The predicted molar refractivity (Wildman–Crippen MR) is 105 cm³/mol. The van der Waals surface area contributed by atoms with Crippen LogP contribution in [0.4, 0.5) is 0 Å². The molecule has 3 aromatic rings. The van der Waals surface area contributed by atoms with Gasteiger partial charge in [0.25, 0.3) is 0 Å². The highest BCUT2D eigenvalue weighted by Crippen LogP contribution is 2.24. The van der Waals surface area contributed by atoms with Crippen LogP contribution in [0, 0.1) is 0 Å². The van der Waals surface area contributed by atoms with E-state index in [4.69, 9.17) is 4.74 Å². The first-order valence-corrected chi connectivity index (χ1v) is 9.48. The topological polar surface area (TPSA) is 55.3 Å². The lowest BCUT2D eigenvalue weighted by atomic mass is 10.1. The van der Waals surface area contributed by atoms with Crippen LogP contribution in [0.3, 0.4) is 0 Å². The highest BCUT2D eigenvalue weighted by Gasteiger charge is 2.23. The van der Waals surface area contributed by atoms with Gasteiger partial charge in [-0.15, -0.1) is 0 Å². The van der Waals surface area contributed by atoms with Crippen molar-refractivity contribution in [2.45, 2.75) is 32.3 Å². The third kappa shape index (κ3) is 3.92. The first-order chi connectivity index (χ1) is 13.2. The minimum Gasteiger partial charge on any atom is -0.489 e. The molecular weight excluding hydrogens is 338 g/mol. The summed E-state index contributed by atoms with van der Waals surface area (Å²) in [4.78, 5) is 22.7. The number of likely N-dealkylation sites (tertiary alicyclic amines) is 1. The molecule has 1 aliphatic rings. The van der Waals surface area contributed by atoms with E-state index < -0.39 is 0 Å². The molecule has 1 saturated heterocycles. The van der Waals surface area contributed by atoms with Crippen LogP contribution in [-0.2, 0) is 4.79 Å². The second-order valence-electron chi connectivity index (χ2n) is 6.85. The zero-order valence-corrected chi connectivity index (χ0v) is 15.5. The lowest BCUT2D eigenvalue weighted by molar-refractivity contribution is -0.132. The van der Waals surface area contributed by atoms with Crippen LogP contribution >= 0.6 is 0 Å². The summed E-state index contributed by atoms with van der Waals surface area (Å²) in [5.74, 6) is 0.997. The number of carbonyl (C=O) groups is 1. The largest absolute Gasteiger partial charge is 0.489 e. The number of benzene rings is 1. The fraction of sp³-hybridized carbons (Fsp3) is 0.318. The highest BCUT2D eigenvalue weighted by molar-refractivity contribution is 5.82. The fourth-order valence-electron chi connectivity index (χ4n) is 3.47. The number of ether oxygens (including phenoxy) is 1. The Morgan fingerprint density at radius 1 is 1.11 bits per heavy atom. The molecule has 0 spiro atoms. The molecule has 5 heteroatoms. The van der Waals surface area contributed by atoms with E-state index in [9.17, 15) is 4.79 Å². The summed E-state index contributed by atoms with van der Waals surface area (Å²) in [5.41, 5.74) is 2.85. The summed E-state index contributed by atoms with van der Waals surface area (Å²) in [7, 11) is 0. The predicted octanol–water partition coefficient (Wildman–Crippen LogP) is 4.08. The summed E-state index contributed by atoms with van der Waals surface area (Å²) in [6, 6.07) is 14.1. The van der Waals surface area contributed by atoms with E-state index in [0.717, 1.165) is 53.8 Å². The number of para-hydroxylation sites is 1. The number of hydrogen-bond donors (Lipinski definition) is 0. The van der Waals surface area contributed by atoms with Crippen molar-refractivity contribution in [1.29, 1.82) is 0 Å². The summed E-state index contributed by atoms with van der Waals surface area (Å²) in [6.45, 7) is 3.44. The molecule has 0 atom stereocenters. The van der Waals surface area contributed by atoms with Gasteiger partial charge in [0.05, 0.1) is 17.4 Å². The Balaban J connectivity index is 1.41. The van der Waals surface area contributed by atoms with Crippen molar-refractivity contribution in [3.05, 3.63) is 54.9 Å². The van der Waals surface area contributed by atoms with Gasteiger partial charge in [-0.1, -0.05) is 25.1 Å². The summed E-state index contributed by atoms with van der Waals surface area (Å²) in [5, 5.41) is 1.10. The standard InChI is InChI=1S/C22H23N3O2/c1-2-22(26)25-11-9-18(10-12-25)27-19-7-8-21(24-15-19)17-13-16-5-3-4-6-20(16)23-14-17/h3-8,13-15,18H,2,9-12H2,1H3. The Morgan fingerprint density at radius 2 is 1.93 bits per heavy atom. The molecule has 0 aliphatic carbocycles. The van der Waals surface area contributed by atoms with Gasteiger partial charge in [0.1, 0.15) is 11.9 Å². The molecule has 27 heavy (non-hydrogen) atoms. The monoisotopic (exact) mass is 361 g/mol. The van der Waals surface area contributed by atoms with Crippen molar-refractivity contribution < 1.29 is 9.53 Å². The second-order valence-corrected chi connectivity index (χ2v) is 6.85. The summed E-state index contributed by atoms with van der Waals surface area (Å²) < 4.78 is 6.06. The van der Waals surface area contributed by atoms with Gasteiger partial charge in [0.2, 0.25) is 5.91 Å². The molecular formula is C22H23N3O2. The van der Waals surface area contributed by atoms with Gasteiger partial charge >= 0.3 is 0 Å². The molecule has 2 aromatic heterocycles. The number of rotatable bonds is 4. The van der Waals surface area contributed by atoms with Crippen molar-refractivity contribution >= 4 is 16.8 Å². The van der Waals surface area contributed by atoms with Crippen molar-refractivity contribution in [3.8, 4) is 17.0 Å². The Kier molecular flexibility index (Phi) is 5.01. The van der Waals surface area contributed by atoms with E-state index in [-0.39, 0.29) is 12.0 Å². The highest BCUT2D eigenvalue weighted by atomic mass is 16.5. The SMILES string of the molecule is CCC(=O)N1CCC(Oc2ccc(-c3cnc4ccccc4c3)nc2)CC1. The van der Waals surface area contributed by atoms with Gasteiger partial charge in [-0.2, -0.15) is 0 Å². The zero-order valence-electron chi connectivity index (χ0n) is 15.5. The lowest BCUT2D eigenvalue weighted by Gasteiger charge is -2.32. The second kappa shape index (κ2) is 7.74. The van der Waals surface area contributed by atoms with Crippen molar-refractivity contribution in [2.24, 2.45) is 0 Å². The third-order valence-electron chi connectivity index (χ3n) is 5.02. The minimum absolute atomic E-state index is 0.140. The number of aromatic nitrogens is 2. The summed E-state index contributed by atoms with van der Waals surface area (Å²) in [6.07, 6.45) is 6.06. The number of piperidine rings is 1. The van der Waals surface area contributed by atoms with E-state index in [1.807, 2.05) is 48.4 Å². The average molecular weight is 361 g/mol. The van der Waals surface area contributed by atoms with Gasteiger partial charge in [0, 0.05) is 49.5 Å². The maximum Gasteiger partial charge on any atom is 0.222 e. The van der Waals surface area contributed by atoms with Crippen molar-refractivity contribution in [2.75, 3.05) is 13.1 Å². The van der Waals surface area contributed by atoms with Crippen LogP contribution in [0.5, 0.6) is 5.75 Å². The zero-order chi connectivity index (χ0) is 18.6. The number of fused-ring (bicyclic) bond motifs is 1. The van der Waals surface area contributed by atoms with E-state index >= 15 is 0 Å². The molecule has 0 bridgehead atoms. The van der Waals surface area contributed by atoms with Crippen LogP contribution in [0.1, 0.15) is 26.2 Å². The molecule has 1 aliphatic heterocycles. The fourth-order valence-corrected chi connectivity index (χ4v) is 3.47. The number of amides is 1.